The molecule has 2 heterocycles. The molecule has 0 aliphatic rings. The van der Waals surface area contributed by atoms with Crippen molar-refractivity contribution in [1.82, 2.24) is 9.97 Å². The first kappa shape index (κ1) is 15.0. The molecular formula is C13H20N4O2S. The molecule has 0 aliphatic heterocycles. The number of anilines is 1. The van der Waals surface area contributed by atoms with E-state index in [9.17, 15) is 0 Å². The molecule has 0 saturated heterocycles. The number of aromatic nitrogens is 2. The van der Waals surface area contributed by atoms with E-state index in [1.165, 1.54) is 0 Å². The van der Waals surface area contributed by atoms with Gasteiger partial charge in [0.15, 0.2) is 0 Å². The number of ether oxygens (including phenoxy) is 2. The smallest absolute Gasteiger partial charge is 0.241 e. The molecule has 0 spiro atoms. The molecule has 0 unspecified atom stereocenters. The number of aryl methyl sites for hydroxylation is 1. The van der Waals surface area contributed by atoms with Crippen LogP contribution < -0.4 is 16.0 Å². The van der Waals surface area contributed by atoms with E-state index in [-0.39, 0.29) is 5.60 Å². The van der Waals surface area contributed by atoms with Crippen LogP contribution in [0.1, 0.15) is 25.1 Å². The van der Waals surface area contributed by atoms with E-state index in [4.69, 9.17) is 15.3 Å². The van der Waals surface area contributed by atoms with Gasteiger partial charge in [-0.1, -0.05) is 0 Å². The van der Waals surface area contributed by atoms with Crippen molar-refractivity contribution in [3.8, 4) is 5.88 Å². The zero-order valence-corrected chi connectivity index (χ0v) is 13.0. The van der Waals surface area contributed by atoms with Gasteiger partial charge in [0.05, 0.1) is 17.6 Å². The predicted octanol–water partition coefficient (Wildman–Crippen LogP) is 2.48. The second-order valence-electron chi connectivity index (χ2n) is 5.13. The van der Waals surface area contributed by atoms with Gasteiger partial charge in [0.25, 0.3) is 0 Å². The van der Waals surface area contributed by atoms with Gasteiger partial charge in [-0.05, 0) is 26.8 Å². The molecule has 0 bridgehead atoms. The summed E-state index contributed by atoms with van der Waals surface area (Å²) < 4.78 is 11.2. The molecule has 3 N–H and O–H groups in total. The average Bonchev–Trinajstić information content (AvgIpc) is 2.78. The van der Waals surface area contributed by atoms with Gasteiger partial charge in [0.2, 0.25) is 11.8 Å². The van der Waals surface area contributed by atoms with Gasteiger partial charge in [0, 0.05) is 18.4 Å². The zero-order chi connectivity index (χ0) is 14.8. The fraction of sp³-hybridized carbons (Fsp3) is 0.538. The van der Waals surface area contributed by atoms with Gasteiger partial charge in [0.1, 0.15) is 4.83 Å². The summed E-state index contributed by atoms with van der Waals surface area (Å²) in [5.74, 6) is 6.31. The third kappa shape index (κ3) is 3.36. The molecule has 0 saturated carbocycles. The topological polar surface area (TPSA) is 82.3 Å². The van der Waals surface area contributed by atoms with Crippen molar-refractivity contribution >= 4 is 27.5 Å². The molecule has 20 heavy (non-hydrogen) atoms. The summed E-state index contributed by atoms with van der Waals surface area (Å²) in [5.41, 5.74) is 2.25. The molecule has 0 aromatic carbocycles. The van der Waals surface area contributed by atoms with Crippen molar-refractivity contribution in [1.29, 1.82) is 0 Å². The second-order valence-corrected chi connectivity index (χ2v) is 6.37. The third-order valence-corrected chi connectivity index (χ3v) is 4.05. The van der Waals surface area contributed by atoms with Crippen LogP contribution in [-0.4, -0.2) is 29.3 Å². The maximum Gasteiger partial charge on any atom is 0.241 e. The number of rotatable bonds is 6. The number of nitrogens with two attached hydrogens (primary N) is 1. The number of hydrogen-bond donors (Lipinski definition) is 2. The Bertz CT molecular complexity index is 597. The first-order chi connectivity index (χ1) is 9.45. The highest BCUT2D eigenvalue weighted by molar-refractivity contribution is 7.18. The molecule has 7 heteroatoms. The van der Waals surface area contributed by atoms with Crippen LogP contribution in [0.4, 0.5) is 5.95 Å². The summed E-state index contributed by atoms with van der Waals surface area (Å²) in [7, 11) is 1.70. The van der Waals surface area contributed by atoms with Crippen molar-refractivity contribution < 1.29 is 9.47 Å². The average molecular weight is 296 g/mol. The SMILES string of the molecule is COC(C)(C)CCOc1nc(NN)nc2sc(C)cc12. The number of fused-ring (bicyclic) bond motifs is 1. The van der Waals surface area contributed by atoms with Gasteiger partial charge in [-0.15, -0.1) is 11.3 Å². The Morgan fingerprint density at radius 3 is 2.80 bits per heavy atom. The summed E-state index contributed by atoms with van der Waals surface area (Å²) in [4.78, 5) is 10.6. The lowest BCUT2D eigenvalue weighted by Crippen LogP contribution is -2.25. The standard InChI is InChI=1S/C13H20N4O2S/c1-8-7-9-10(19-6-5-13(2,3)18-4)15-12(17-14)16-11(9)20-8/h7H,5-6,14H2,1-4H3,(H,15,16,17). The molecule has 2 aromatic heterocycles. The first-order valence-electron chi connectivity index (χ1n) is 6.38. The molecular weight excluding hydrogens is 276 g/mol. The van der Waals surface area contributed by atoms with Crippen molar-refractivity contribution in [2.75, 3.05) is 19.1 Å². The molecule has 0 aliphatic carbocycles. The molecule has 2 rings (SSSR count). The Labute approximate surface area is 122 Å². The molecule has 0 fully saturated rings. The highest BCUT2D eigenvalue weighted by Crippen LogP contribution is 2.31. The molecule has 0 radical (unpaired) electrons. The number of nitrogens with one attached hydrogen (secondary N) is 1. The van der Waals surface area contributed by atoms with Crippen LogP contribution >= 0.6 is 11.3 Å². The minimum absolute atomic E-state index is 0.217. The summed E-state index contributed by atoms with van der Waals surface area (Å²) in [6.07, 6.45) is 0.767. The lowest BCUT2D eigenvalue weighted by atomic mass is 10.1. The Hall–Kier alpha value is -1.44. The van der Waals surface area contributed by atoms with E-state index in [2.05, 4.69) is 15.4 Å². The quantitative estimate of drug-likeness (QED) is 0.629. The fourth-order valence-corrected chi connectivity index (χ4v) is 2.56. The number of nitrogens with zero attached hydrogens (tertiary/aromatic N) is 2. The Balaban J connectivity index is 2.20. The fourth-order valence-electron chi connectivity index (χ4n) is 1.69. The first-order valence-corrected chi connectivity index (χ1v) is 7.19. The Morgan fingerprint density at radius 1 is 1.40 bits per heavy atom. The maximum absolute atomic E-state index is 5.79. The van der Waals surface area contributed by atoms with Gasteiger partial charge in [-0.3, -0.25) is 5.43 Å². The monoisotopic (exact) mass is 296 g/mol. The van der Waals surface area contributed by atoms with E-state index >= 15 is 0 Å². The van der Waals surface area contributed by atoms with E-state index < -0.39 is 0 Å². The normalized spacial score (nSPS) is 11.8. The number of hydrogen-bond acceptors (Lipinski definition) is 7. The molecule has 0 atom stereocenters. The summed E-state index contributed by atoms with van der Waals surface area (Å²) in [6, 6.07) is 2.02. The lowest BCUT2D eigenvalue weighted by molar-refractivity contribution is 0.00523. The van der Waals surface area contributed by atoms with Crippen molar-refractivity contribution in [2.24, 2.45) is 5.84 Å². The van der Waals surface area contributed by atoms with Gasteiger partial charge in [-0.2, -0.15) is 4.98 Å². The predicted molar refractivity (Wildman–Crippen MR) is 81.2 cm³/mol. The van der Waals surface area contributed by atoms with Crippen LogP contribution in [0.2, 0.25) is 0 Å². The summed E-state index contributed by atoms with van der Waals surface area (Å²) >= 11 is 1.59. The lowest BCUT2D eigenvalue weighted by Gasteiger charge is -2.22. The van der Waals surface area contributed by atoms with Crippen LogP contribution in [0.5, 0.6) is 5.88 Å². The Morgan fingerprint density at radius 2 is 2.15 bits per heavy atom. The minimum Gasteiger partial charge on any atom is -0.477 e. The highest BCUT2D eigenvalue weighted by atomic mass is 32.1. The van der Waals surface area contributed by atoms with E-state index in [1.807, 2.05) is 26.8 Å². The number of nitrogen functional groups attached to an aromatic ring is 1. The van der Waals surface area contributed by atoms with E-state index in [1.54, 1.807) is 18.4 Å². The zero-order valence-electron chi connectivity index (χ0n) is 12.2. The molecule has 0 amide bonds. The summed E-state index contributed by atoms with van der Waals surface area (Å²) in [6.45, 7) is 6.59. The van der Waals surface area contributed by atoms with Crippen molar-refractivity contribution in [3.05, 3.63) is 10.9 Å². The molecule has 2 aromatic rings. The largest absolute Gasteiger partial charge is 0.477 e. The summed E-state index contributed by atoms with van der Waals surface area (Å²) in [5, 5.41) is 0.918. The second kappa shape index (κ2) is 5.90. The van der Waals surface area contributed by atoms with Crippen molar-refractivity contribution in [2.45, 2.75) is 32.8 Å². The van der Waals surface area contributed by atoms with E-state index in [0.29, 0.717) is 18.4 Å². The van der Waals surface area contributed by atoms with Crippen LogP contribution in [-0.2, 0) is 4.74 Å². The molecule has 110 valence electrons. The van der Waals surface area contributed by atoms with Gasteiger partial charge in [-0.25, -0.2) is 10.8 Å². The van der Waals surface area contributed by atoms with Crippen LogP contribution in [0.25, 0.3) is 10.2 Å². The van der Waals surface area contributed by atoms with Crippen molar-refractivity contribution in [3.63, 3.8) is 0 Å². The maximum atomic E-state index is 5.79. The third-order valence-electron chi connectivity index (χ3n) is 3.11. The molecule has 6 nitrogen and oxygen atoms in total. The van der Waals surface area contributed by atoms with Gasteiger partial charge >= 0.3 is 0 Å². The van der Waals surface area contributed by atoms with Crippen LogP contribution in [0.15, 0.2) is 6.07 Å². The Kier molecular flexibility index (Phi) is 4.42. The van der Waals surface area contributed by atoms with Crippen LogP contribution in [0, 0.1) is 6.92 Å². The number of methoxy groups -OCH3 is 1. The minimum atomic E-state index is -0.217. The number of thiophene rings is 1. The number of hydrazine groups is 1. The van der Waals surface area contributed by atoms with Gasteiger partial charge < -0.3 is 9.47 Å². The highest BCUT2D eigenvalue weighted by Gasteiger charge is 2.17. The van der Waals surface area contributed by atoms with E-state index in [0.717, 1.165) is 21.5 Å². The van der Waals surface area contributed by atoms with Crippen LogP contribution in [0.3, 0.4) is 0 Å².